The molecule has 114 valence electrons. The van der Waals surface area contributed by atoms with E-state index in [0.29, 0.717) is 24.9 Å². The van der Waals surface area contributed by atoms with Crippen LogP contribution >= 0.6 is 0 Å². The van der Waals surface area contributed by atoms with Crippen molar-refractivity contribution in [1.29, 1.82) is 0 Å². The fourth-order valence-corrected chi connectivity index (χ4v) is 2.33. The van der Waals surface area contributed by atoms with Crippen LogP contribution in [0.2, 0.25) is 0 Å². The molecular formula is C16H23N3O2. The summed E-state index contributed by atoms with van der Waals surface area (Å²) < 4.78 is 0. The van der Waals surface area contributed by atoms with Gasteiger partial charge in [0.25, 0.3) is 0 Å². The molecule has 0 saturated carbocycles. The molecule has 2 rings (SSSR count). The van der Waals surface area contributed by atoms with E-state index >= 15 is 0 Å². The highest BCUT2D eigenvalue weighted by atomic mass is 16.2. The van der Waals surface area contributed by atoms with Gasteiger partial charge in [0.15, 0.2) is 0 Å². The summed E-state index contributed by atoms with van der Waals surface area (Å²) in [4.78, 5) is 25.4. The number of carbonyl (C=O) groups excluding carboxylic acids is 2. The van der Waals surface area contributed by atoms with Gasteiger partial charge in [-0.05, 0) is 44.9 Å². The molecule has 0 atom stereocenters. The Bertz CT molecular complexity index is 535. The quantitative estimate of drug-likeness (QED) is 0.873. The first-order valence-electron chi connectivity index (χ1n) is 7.34. The van der Waals surface area contributed by atoms with E-state index in [9.17, 15) is 9.59 Å². The van der Waals surface area contributed by atoms with Crippen molar-refractivity contribution in [1.82, 2.24) is 0 Å². The molecule has 0 radical (unpaired) electrons. The molecule has 1 aromatic carbocycles. The van der Waals surface area contributed by atoms with E-state index in [1.54, 1.807) is 4.90 Å². The first kappa shape index (κ1) is 15.5. The van der Waals surface area contributed by atoms with Crippen molar-refractivity contribution < 1.29 is 9.59 Å². The van der Waals surface area contributed by atoms with Crippen molar-refractivity contribution in [2.45, 2.75) is 45.1 Å². The highest BCUT2D eigenvalue weighted by Gasteiger charge is 2.21. The molecule has 0 unspecified atom stereocenters. The van der Waals surface area contributed by atoms with Crippen LogP contribution < -0.4 is 16.0 Å². The van der Waals surface area contributed by atoms with Crippen molar-refractivity contribution >= 4 is 23.2 Å². The van der Waals surface area contributed by atoms with E-state index in [2.05, 4.69) is 5.32 Å². The number of anilines is 2. The summed E-state index contributed by atoms with van der Waals surface area (Å²) >= 11 is 0. The topological polar surface area (TPSA) is 75.4 Å². The van der Waals surface area contributed by atoms with E-state index in [1.807, 2.05) is 38.1 Å². The summed E-state index contributed by atoms with van der Waals surface area (Å²) in [6, 6.07) is 7.41. The van der Waals surface area contributed by atoms with Gasteiger partial charge in [0.05, 0.1) is 0 Å². The van der Waals surface area contributed by atoms with Crippen LogP contribution in [-0.4, -0.2) is 23.9 Å². The summed E-state index contributed by atoms with van der Waals surface area (Å²) in [5.74, 6) is 0.0850. The van der Waals surface area contributed by atoms with Crippen LogP contribution in [0.1, 0.15) is 39.5 Å². The van der Waals surface area contributed by atoms with Gasteiger partial charge in [0.2, 0.25) is 11.8 Å². The normalized spacial score (nSPS) is 15.4. The summed E-state index contributed by atoms with van der Waals surface area (Å²) in [5, 5.41) is 2.86. The molecule has 1 heterocycles. The van der Waals surface area contributed by atoms with Gasteiger partial charge in [-0.1, -0.05) is 6.07 Å². The Morgan fingerprint density at radius 2 is 2.19 bits per heavy atom. The van der Waals surface area contributed by atoms with E-state index in [4.69, 9.17) is 5.73 Å². The second-order valence-corrected chi connectivity index (χ2v) is 6.24. The van der Waals surface area contributed by atoms with Gasteiger partial charge in [0, 0.05) is 36.3 Å². The van der Waals surface area contributed by atoms with Crippen molar-refractivity contribution in [3.63, 3.8) is 0 Å². The number of nitrogens with zero attached hydrogens (tertiary/aromatic N) is 1. The molecule has 21 heavy (non-hydrogen) atoms. The molecule has 0 aromatic heterocycles. The lowest BCUT2D eigenvalue weighted by Gasteiger charge is -2.18. The lowest BCUT2D eigenvalue weighted by molar-refractivity contribution is -0.117. The minimum atomic E-state index is -0.346. The van der Waals surface area contributed by atoms with Crippen LogP contribution in [0.3, 0.4) is 0 Å². The zero-order valence-electron chi connectivity index (χ0n) is 12.7. The second-order valence-electron chi connectivity index (χ2n) is 6.24. The second kappa shape index (κ2) is 6.26. The van der Waals surface area contributed by atoms with Crippen molar-refractivity contribution in [3.8, 4) is 0 Å². The van der Waals surface area contributed by atoms with Gasteiger partial charge < -0.3 is 16.0 Å². The van der Waals surface area contributed by atoms with Crippen molar-refractivity contribution in [2.24, 2.45) is 5.73 Å². The smallest absolute Gasteiger partial charge is 0.227 e. The number of nitrogens with two attached hydrogens (primary N) is 1. The molecule has 5 heteroatoms. The number of hydrogen-bond donors (Lipinski definition) is 2. The number of nitrogens with one attached hydrogen (secondary N) is 1. The van der Waals surface area contributed by atoms with E-state index in [-0.39, 0.29) is 17.4 Å². The molecule has 0 bridgehead atoms. The lowest BCUT2D eigenvalue weighted by Crippen LogP contribution is -2.33. The maximum Gasteiger partial charge on any atom is 0.227 e. The predicted octanol–water partition coefficient (Wildman–Crippen LogP) is 2.27. The number of amides is 2. The monoisotopic (exact) mass is 289 g/mol. The Labute approximate surface area is 125 Å². The van der Waals surface area contributed by atoms with Crippen LogP contribution in [0.25, 0.3) is 0 Å². The van der Waals surface area contributed by atoms with E-state index in [1.165, 1.54) is 0 Å². The molecule has 1 fully saturated rings. The molecule has 2 amide bonds. The Balaban J connectivity index is 1.98. The Hall–Kier alpha value is -1.88. The summed E-state index contributed by atoms with van der Waals surface area (Å²) in [7, 11) is 0. The molecule has 3 N–H and O–H groups in total. The molecule has 1 aliphatic rings. The van der Waals surface area contributed by atoms with Gasteiger partial charge in [-0.3, -0.25) is 9.59 Å². The highest BCUT2D eigenvalue weighted by molar-refractivity contribution is 5.97. The molecule has 0 spiro atoms. The molecule has 1 aromatic rings. The van der Waals surface area contributed by atoms with Crippen LogP contribution in [-0.2, 0) is 9.59 Å². The number of benzene rings is 1. The number of carbonyl (C=O) groups is 2. The van der Waals surface area contributed by atoms with Crippen LogP contribution in [0.5, 0.6) is 0 Å². The Kier molecular flexibility index (Phi) is 4.63. The Morgan fingerprint density at radius 3 is 2.81 bits per heavy atom. The maximum atomic E-state index is 11.9. The number of rotatable bonds is 5. The molecular weight excluding hydrogens is 266 g/mol. The maximum absolute atomic E-state index is 11.9. The molecule has 1 saturated heterocycles. The van der Waals surface area contributed by atoms with Gasteiger partial charge in [0.1, 0.15) is 0 Å². The average Bonchev–Trinajstić information content (AvgIpc) is 2.82. The van der Waals surface area contributed by atoms with Crippen molar-refractivity contribution in [3.05, 3.63) is 24.3 Å². The fourth-order valence-electron chi connectivity index (χ4n) is 2.33. The largest absolute Gasteiger partial charge is 0.326 e. The molecule has 0 aliphatic carbocycles. The van der Waals surface area contributed by atoms with Crippen LogP contribution in [0.15, 0.2) is 24.3 Å². The van der Waals surface area contributed by atoms with Gasteiger partial charge in [-0.25, -0.2) is 0 Å². The summed E-state index contributed by atoms with van der Waals surface area (Å²) in [6.45, 7) is 4.55. The molecule has 1 aliphatic heterocycles. The SMILES string of the molecule is CC(C)(N)CCC(=O)Nc1cccc(N2CCCC2=O)c1. The third-order valence-corrected chi connectivity index (χ3v) is 3.51. The predicted molar refractivity (Wildman–Crippen MR) is 84.2 cm³/mol. The summed E-state index contributed by atoms with van der Waals surface area (Å²) in [6.07, 6.45) is 2.50. The third-order valence-electron chi connectivity index (χ3n) is 3.51. The van der Waals surface area contributed by atoms with Crippen molar-refractivity contribution in [2.75, 3.05) is 16.8 Å². The third kappa shape index (κ3) is 4.56. The zero-order valence-corrected chi connectivity index (χ0v) is 12.7. The zero-order chi connectivity index (χ0) is 15.5. The fraction of sp³-hybridized carbons (Fsp3) is 0.500. The van der Waals surface area contributed by atoms with Crippen LogP contribution in [0, 0.1) is 0 Å². The first-order valence-corrected chi connectivity index (χ1v) is 7.34. The number of hydrogen-bond acceptors (Lipinski definition) is 3. The van der Waals surface area contributed by atoms with E-state index in [0.717, 1.165) is 18.7 Å². The first-order chi connectivity index (χ1) is 9.85. The summed E-state index contributed by atoms with van der Waals surface area (Å²) in [5.41, 5.74) is 7.09. The van der Waals surface area contributed by atoms with E-state index < -0.39 is 0 Å². The Morgan fingerprint density at radius 1 is 1.43 bits per heavy atom. The lowest BCUT2D eigenvalue weighted by atomic mass is 10.00. The van der Waals surface area contributed by atoms with Gasteiger partial charge in [-0.2, -0.15) is 0 Å². The highest BCUT2D eigenvalue weighted by Crippen LogP contribution is 2.24. The van der Waals surface area contributed by atoms with Gasteiger partial charge in [-0.15, -0.1) is 0 Å². The van der Waals surface area contributed by atoms with Crippen LogP contribution in [0.4, 0.5) is 11.4 Å². The standard InChI is InChI=1S/C16H23N3O2/c1-16(2,17)9-8-14(20)18-12-5-3-6-13(11-12)19-10-4-7-15(19)21/h3,5-6,11H,4,7-10,17H2,1-2H3,(H,18,20). The molecule has 5 nitrogen and oxygen atoms in total. The van der Waals surface area contributed by atoms with Gasteiger partial charge >= 0.3 is 0 Å². The minimum absolute atomic E-state index is 0.0570. The average molecular weight is 289 g/mol. The minimum Gasteiger partial charge on any atom is -0.326 e.